The van der Waals surface area contributed by atoms with Crippen LogP contribution in [0.1, 0.15) is 60.3 Å². The van der Waals surface area contributed by atoms with E-state index >= 15 is 0 Å². The van der Waals surface area contributed by atoms with Crippen molar-refractivity contribution in [2.24, 2.45) is 16.4 Å². The highest BCUT2D eigenvalue weighted by molar-refractivity contribution is 5.52. The van der Waals surface area contributed by atoms with Gasteiger partial charge < -0.3 is 0 Å². The first-order chi connectivity index (χ1) is 8.51. The zero-order valence-corrected chi connectivity index (χ0v) is 13.1. The topological polar surface area (TPSA) is 15.6 Å². The number of hydrazone groups is 1. The van der Waals surface area contributed by atoms with Crippen molar-refractivity contribution in [2.45, 2.75) is 60.3 Å². The lowest BCUT2D eigenvalue weighted by Crippen LogP contribution is -2.34. The van der Waals surface area contributed by atoms with Crippen LogP contribution in [0.25, 0.3) is 0 Å². The van der Waals surface area contributed by atoms with Crippen molar-refractivity contribution in [3.05, 3.63) is 12.7 Å². The van der Waals surface area contributed by atoms with Gasteiger partial charge in [0.25, 0.3) is 0 Å². The van der Waals surface area contributed by atoms with Gasteiger partial charge in [0.05, 0.1) is 0 Å². The Balaban J connectivity index is 4.68. The molecule has 0 saturated carbocycles. The summed E-state index contributed by atoms with van der Waals surface area (Å²) in [6, 6.07) is 0. The Kier molecular flexibility index (Phi) is 8.78. The molecule has 0 bridgehead atoms. The average Bonchev–Trinajstić information content (AvgIpc) is 2.29. The summed E-state index contributed by atoms with van der Waals surface area (Å²) in [5.74, 6) is 0.768. The van der Waals surface area contributed by atoms with Gasteiger partial charge in [0.15, 0.2) is 0 Å². The average molecular weight is 252 g/mol. The fourth-order valence-corrected chi connectivity index (χ4v) is 2.59. The van der Waals surface area contributed by atoms with Crippen LogP contribution in [0, 0.1) is 11.3 Å². The van der Waals surface area contributed by atoms with Crippen LogP contribution < -0.4 is 0 Å². The van der Waals surface area contributed by atoms with E-state index in [1.165, 1.54) is 12.8 Å². The van der Waals surface area contributed by atoms with Crippen LogP contribution in [0.3, 0.4) is 0 Å². The lowest BCUT2D eigenvalue weighted by molar-refractivity contribution is 0.141. The van der Waals surface area contributed by atoms with Gasteiger partial charge in [-0.15, -0.1) is 6.58 Å². The fraction of sp³-hybridized carbons (Fsp3) is 0.812. The molecule has 0 N–H and O–H groups in total. The molecule has 0 radical (unpaired) electrons. The highest BCUT2D eigenvalue weighted by atomic mass is 15.4. The molecule has 0 fully saturated rings. The van der Waals surface area contributed by atoms with Crippen molar-refractivity contribution in [1.82, 2.24) is 5.01 Å². The highest BCUT2D eigenvalue weighted by Crippen LogP contribution is 2.32. The molecule has 0 heterocycles. The molecule has 0 aromatic carbocycles. The van der Waals surface area contributed by atoms with Crippen LogP contribution in [0.15, 0.2) is 17.8 Å². The first kappa shape index (κ1) is 17.2. The molecule has 2 heteroatoms. The normalized spacial score (nSPS) is 16.5. The Bertz CT molecular complexity index is 247. The summed E-state index contributed by atoms with van der Waals surface area (Å²) in [5.41, 5.74) is 0.291. The van der Waals surface area contributed by atoms with Crippen LogP contribution in [0.2, 0.25) is 0 Å². The van der Waals surface area contributed by atoms with E-state index < -0.39 is 0 Å². The monoisotopic (exact) mass is 252 g/mol. The molecule has 0 aliphatic rings. The zero-order chi connectivity index (χ0) is 14.0. The summed E-state index contributed by atoms with van der Waals surface area (Å²) >= 11 is 0. The third kappa shape index (κ3) is 6.83. The minimum absolute atomic E-state index is 0.291. The minimum Gasteiger partial charge on any atom is -0.297 e. The lowest BCUT2D eigenvalue weighted by atomic mass is 9.77. The van der Waals surface area contributed by atoms with Gasteiger partial charge in [0.2, 0.25) is 0 Å². The van der Waals surface area contributed by atoms with Gasteiger partial charge >= 0.3 is 0 Å². The van der Waals surface area contributed by atoms with Crippen LogP contribution in [-0.4, -0.2) is 24.3 Å². The van der Waals surface area contributed by atoms with Gasteiger partial charge in [-0.25, -0.2) is 0 Å². The Hall–Kier alpha value is -0.790. The van der Waals surface area contributed by atoms with Crippen molar-refractivity contribution >= 4 is 6.21 Å². The molecule has 0 spiro atoms. The van der Waals surface area contributed by atoms with Crippen LogP contribution >= 0.6 is 0 Å². The van der Waals surface area contributed by atoms with Gasteiger partial charge in [-0.3, -0.25) is 5.01 Å². The predicted octanol–water partition coefficient (Wildman–Crippen LogP) is 4.72. The number of hydrogen-bond acceptors (Lipinski definition) is 2. The molecule has 18 heavy (non-hydrogen) atoms. The second-order valence-electron chi connectivity index (χ2n) is 5.78. The number of allylic oxidation sites excluding steroid dienone is 1. The van der Waals surface area contributed by atoms with Gasteiger partial charge in [-0.1, -0.05) is 40.2 Å². The molecule has 2 unspecified atom stereocenters. The van der Waals surface area contributed by atoms with Gasteiger partial charge in [0, 0.05) is 19.3 Å². The maximum Gasteiger partial charge on any atom is 0.0417 e. The maximum atomic E-state index is 4.49. The van der Waals surface area contributed by atoms with Crippen LogP contribution in [0.5, 0.6) is 0 Å². The summed E-state index contributed by atoms with van der Waals surface area (Å²) in [4.78, 5) is 0. The molecule has 106 valence electrons. The standard InChI is InChI=1S/C16H32N2/c1-7-11-16(6,13-15(5)9-3)14-18(12-8-2)17-10-4/h7,10,15H,1,8-9,11-14H2,2-6H3/b17-10+. The fourth-order valence-electron chi connectivity index (χ4n) is 2.59. The Morgan fingerprint density at radius 3 is 2.50 bits per heavy atom. The molecule has 0 rings (SSSR count). The highest BCUT2D eigenvalue weighted by Gasteiger charge is 2.27. The molecule has 0 aromatic heterocycles. The molecule has 0 amide bonds. The molecule has 2 nitrogen and oxygen atoms in total. The summed E-state index contributed by atoms with van der Waals surface area (Å²) in [7, 11) is 0. The SMILES string of the molecule is C=CCC(C)(CC(C)CC)CN(CCC)/N=C/C. The number of nitrogens with zero attached hydrogens (tertiary/aromatic N) is 2. The largest absolute Gasteiger partial charge is 0.297 e. The smallest absolute Gasteiger partial charge is 0.0417 e. The van der Waals surface area contributed by atoms with Crippen molar-refractivity contribution < 1.29 is 0 Å². The maximum absolute atomic E-state index is 4.49. The second kappa shape index (κ2) is 9.18. The van der Waals surface area contributed by atoms with Crippen LogP contribution in [0.4, 0.5) is 0 Å². The summed E-state index contributed by atoms with van der Waals surface area (Å²) in [6.45, 7) is 17.2. The van der Waals surface area contributed by atoms with E-state index in [1.807, 2.05) is 13.1 Å². The van der Waals surface area contributed by atoms with Crippen molar-refractivity contribution in [2.75, 3.05) is 13.1 Å². The Morgan fingerprint density at radius 1 is 1.39 bits per heavy atom. The molecule has 2 atom stereocenters. The van der Waals surface area contributed by atoms with E-state index in [0.29, 0.717) is 5.41 Å². The molecular weight excluding hydrogens is 220 g/mol. The van der Waals surface area contributed by atoms with Gasteiger partial charge in [-0.2, -0.15) is 5.10 Å². The predicted molar refractivity (Wildman–Crippen MR) is 83.0 cm³/mol. The van der Waals surface area contributed by atoms with E-state index in [4.69, 9.17) is 0 Å². The first-order valence-electron chi connectivity index (χ1n) is 7.35. The first-order valence-corrected chi connectivity index (χ1v) is 7.35. The number of hydrogen-bond donors (Lipinski definition) is 0. The van der Waals surface area contributed by atoms with Gasteiger partial charge in [0.1, 0.15) is 0 Å². The Morgan fingerprint density at radius 2 is 2.06 bits per heavy atom. The minimum atomic E-state index is 0.291. The summed E-state index contributed by atoms with van der Waals surface area (Å²) < 4.78 is 0. The Labute approximate surface area is 114 Å². The van der Waals surface area contributed by atoms with Crippen LogP contribution in [-0.2, 0) is 0 Å². The van der Waals surface area contributed by atoms with Crippen molar-refractivity contribution in [1.29, 1.82) is 0 Å². The molecule has 0 aliphatic carbocycles. The van der Waals surface area contributed by atoms with Crippen molar-refractivity contribution in [3.8, 4) is 0 Å². The van der Waals surface area contributed by atoms with Crippen molar-refractivity contribution in [3.63, 3.8) is 0 Å². The van der Waals surface area contributed by atoms with E-state index in [2.05, 4.69) is 50.5 Å². The van der Waals surface area contributed by atoms with E-state index in [1.54, 1.807) is 0 Å². The second-order valence-corrected chi connectivity index (χ2v) is 5.78. The molecule has 0 aliphatic heterocycles. The van der Waals surface area contributed by atoms with E-state index in [0.717, 1.165) is 31.8 Å². The molecule has 0 aromatic rings. The summed E-state index contributed by atoms with van der Waals surface area (Å²) in [5, 5.41) is 6.70. The van der Waals surface area contributed by atoms with E-state index in [9.17, 15) is 0 Å². The number of rotatable bonds is 10. The molecular formula is C16H32N2. The van der Waals surface area contributed by atoms with E-state index in [-0.39, 0.29) is 0 Å². The summed E-state index contributed by atoms with van der Waals surface area (Å²) in [6.07, 6.45) is 8.66. The third-order valence-corrected chi connectivity index (χ3v) is 3.50. The molecule has 0 saturated heterocycles. The van der Waals surface area contributed by atoms with Gasteiger partial charge in [-0.05, 0) is 37.5 Å². The lowest BCUT2D eigenvalue weighted by Gasteiger charge is -2.35. The quantitative estimate of drug-likeness (QED) is 0.312. The third-order valence-electron chi connectivity index (χ3n) is 3.50. The zero-order valence-electron chi connectivity index (χ0n) is 13.1.